The Bertz CT molecular complexity index is 424. The van der Waals surface area contributed by atoms with E-state index in [0.29, 0.717) is 0 Å². The van der Waals surface area contributed by atoms with Gasteiger partial charge in [-0.05, 0) is 31.0 Å². The van der Waals surface area contributed by atoms with E-state index < -0.39 is 17.3 Å². The molecule has 94 valence electrons. The van der Waals surface area contributed by atoms with Crippen molar-refractivity contribution in [1.29, 1.82) is 0 Å². The number of alkyl halides is 2. The molecule has 0 unspecified atom stereocenters. The lowest BCUT2D eigenvalue weighted by Crippen LogP contribution is -2.43. The Kier molecular flexibility index (Phi) is 2.81. The van der Waals surface area contributed by atoms with E-state index in [1.54, 1.807) is 0 Å². The summed E-state index contributed by atoms with van der Waals surface area (Å²) in [7, 11) is 0. The van der Waals surface area contributed by atoms with Gasteiger partial charge in [-0.1, -0.05) is 0 Å². The lowest BCUT2D eigenvalue weighted by molar-refractivity contribution is -0.0516. The molecule has 1 aromatic rings. The summed E-state index contributed by atoms with van der Waals surface area (Å²) in [6, 6.07) is 3.43. The van der Waals surface area contributed by atoms with Gasteiger partial charge in [0.25, 0.3) is 0 Å². The van der Waals surface area contributed by atoms with Gasteiger partial charge in [0.05, 0.1) is 0 Å². The molecule has 0 aliphatic heterocycles. The molecule has 1 aliphatic rings. The monoisotopic (exact) mass is 245 g/mol. The first-order valence-electron chi connectivity index (χ1n) is 5.48. The number of benzene rings is 1. The first kappa shape index (κ1) is 12.2. The maximum atomic E-state index is 13.1. The minimum atomic E-state index is -2.70. The topological polar surface area (TPSA) is 46.2 Å². The molecule has 0 radical (unpaired) electrons. The van der Waals surface area contributed by atoms with Crippen LogP contribution in [0, 0.1) is 5.82 Å². The van der Waals surface area contributed by atoms with Crippen LogP contribution in [0.1, 0.15) is 31.2 Å². The summed E-state index contributed by atoms with van der Waals surface area (Å²) in [5.41, 5.74) is 5.17. The van der Waals surface area contributed by atoms with Gasteiger partial charge in [0.1, 0.15) is 11.6 Å². The molecule has 0 heterocycles. The minimum Gasteiger partial charge on any atom is -0.508 e. The van der Waals surface area contributed by atoms with E-state index in [9.17, 15) is 18.3 Å². The smallest absolute Gasteiger partial charge is 0.248 e. The fraction of sp³-hybridized carbons (Fsp3) is 0.500. The molecule has 0 atom stereocenters. The van der Waals surface area contributed by atoms with E-state index in [1.807, 2.05) is 0 Å². The van der Waals surface area contributed by atoms with Crippen LogP contribution in [0.3, 0.4) is 0 Å². The van der Waals surface area contributed by atoms with Crippen molar-refractivity contribution < 1.29 is 18.3 Å². The SMILES string of the molecule is NC1(c2cc(F)ccc2O)CCC(F)(F)CC1. The lowest BCUT2D eigenvalue weighted by atomic mass is 9.75. The number of hydrogen-bond donors (Lipinski definition) is 2. The molecular weight excluding hydrogens is 231 g/mol. The minimum absolute atomic E-state index is 0.0387. The maximum Gasteiger partial charge on any atom is 0.248 e. The molecule has 0 spiro atoms. The highest BCUT2D eigenvalue weighted by molar-refractivity contribution is 5.38. The van der Waals surface area contributed by atoms with Gasteiger partial charge in [-0.3, -0.25) is 0 Å². The van der Waals surface area contributed by atoms with Gasteiger partial charge in [0, 0.05) is 23.9 Å². The molecule has 1 saturated carbocycles. The van der Waals surface area contributed by atoms with Crippen molar-refractivity contribution in [1.82, 2.24) is 0 Å². The van der Waals surface area contributed by atoms with E-state index in [1.165, 1.54) is 6.07 Å². The summed E-state index contributed by atoms with van der Waals surface area (Å²) < 4.78 is 39.2. The highest BCUT2D eigenvalue weighted by atomic mass is 19.3. The second kappa shape index (κ2) is 3.91. The predicted octanol–water partition coefficient (Wildman–Crippen LogP) is 2.89. The summed E-state index contributed by atoms with van der Waals surface area (Å²) in [6.45, 7) is 0. The average Bonchev–Trinajstić information content (AvgIpc) is 2.26. The first-order chi connectivity index (χ1) is 7.82. The van der Waals surface area contributed by atoms with E-state index in [4.69, 9.17) is 5.73 Å². The molecular formula is C12H14F3NO. The third-order valence-electron chi connectivity index (χ3n) is 3.37. The molecule has 5 heteroatoms. The van der Waals surface area contributed by atoms with Crippen LogP contribution in [-0.2, 0) is 5.54 Å². The highest BCUT2D eigenvalue weighted by Gasteiger charge is 2.43. The third-order valence-corrected chi connectivity index (χ3v) is 3.37. The zero-order chi connectivity index (χ0) is 12.7. The molecule has 0 aromatic heterocycles. The number of halogens is 3. The molecule has 17 heavy (non-hydrogen) atoms. The molecule has 1 aromatic carbocycles. The molecule has 1 aliphatic carbocycles. The molecule has 1 fully saturated rings. The van der Waals surface area contributed by atoms with Gasteiger partial charge in [-0.25, -0.2) is 13.2 Å². The van der Waals surface area contributed by atoms with Gasteiger partial charge < -0.3 is 10.8 Å². The average molecular weight is 245 g/mol. The van der Waals surface area contributed by atoms with Crippen LogP contribution in [0.4, 0.5) is 13.2 Å². The van der Waals surface area contributed by atoms with Crippen molar-refractivity contribution in [2.45, 2.75) is 37.1 Å². The van der Waals surface area contributed by atoms with Crippen LogP contribution in [0.5, 0.6) is 5.75 Å². The summed E-state index contributed by atoms with van der Waals surface area (Å²) in [5.74, 6) is -3.37. The summed E-state index contributed by atoms with van der Waals surface area (Å²) in [6.07, 6.45) is -0.590. The fourth-order valence-electron chi connectivity index (χ4n) is 2.24. The van der Waals surface area contributed by atoms with Crippen LogP contribution in [0.15, 0.2) is 18.2 Å². The van der Waals surface area contributed by atoms with Crippen molar-refractivity contribution in [2.75, 3.05) is 0 Å². The normalized spacial score (nSPS) is 22.4. The van der Waals surface area contributed by atoms with Crippen molar-refractivity contribution in [3.63, 3.8) is 0 Å². The van der Waals surface area contributed by atoms with E-state index >= 15 is 0 Å². The zero-order valence-corrected chi connectivity index (χ0v) is 9.22. The number of phenols is 1. The summed E-state index contributed by atoms with van der Waals surface area (Å²) in [4.78, 5) is 0. The summed E-state index contributed by atoms with van der Waals surface area (Å²) >= 11 is 0. The molecule has 3 N–H and O–H groups in total. The van der Waals surface area contributed by atoms with Crippen molar-refractivity contribution in [3.05, 3.63) is 29.6 Å². The second-order valence-corrected chi connectivity index (χ2v) is 4.67. The second-order valence-electron chi connectivity index (χ2n) is 4.67. The Morgan fingerprint density at radius 1 is 1.12 bits per heavy atom. The molecule has 2 nitrogen and oxygen atoms in total. The molecule has 2 rings (SSSR count). The third kappa shape index (κ3) is 2.39. The fourth-order valence-corrected chi connectivity index (χ4v) is 2.24. The Labute approximate surface area is 97.2 Å². The van der Waals surface area contributed by atoms with Crippen molar-refractivity contribution in [3.8, 4) is 5.75 Å². The number of hydrogen-bond acceptors (Lipinski definition) is 2. The van der Waals surface area contributed by atoms with Gasteiger partial charge in [-0.2, -0.15) is 0 Å². The van der Waals surface area contributed by atoms with E-state index in [0.717, 1.165) is 12.1 Å². The Morgan fingerprint density at radius 3 is 2.29 bits per heavy atom. The Balaban J connectivity index is 2.30. The molecule has 0 saturated heterocycles. The number of nitrogens with two attached hydrogens (primary N) is 1. The zero-order valence-electron chi connectivity index (χ0n) is 9.22. The standard InChI is InChI=1S/C12H14F3NO/c13-8-1-2-10(17)9(7-8)11(16)3-5-12(14,15)6-4-11/h1-2,7,17H,3-6,16H2. The van der Waals surface area contributed by atoms with Crippen molar-refractivity contribution >= 4 is 0 Å². The summed E-state index contributed by atoms with van der Waals surface area (Å²) in [5, 5.41) is 9.65. The largest absolute Gasteiger partial charge is 0.508 e. The Hall–Kier alpha value is -1.23. The quantitative estimate of drug-likeness (QED) is 0.799. The van der Waals surface area contributed by atoms with Crippen LogP contribution in [-0.4, -0.2) is 11.0 Å². The van der Waals surface area contributed by atoms with Crippen LogP contribution < -0.4 is 5.73 Å². The number of phenolic OH excluding ortho intramolecular Hbond substituents is 1. The maximum absolute atomic E-state index is 13.1. The van der Waals surface area contributed by atoms with Crippen molar-refractivity contribution in [2.24, 2.45) is 5.73 Å². The number of rotatable bonds is 1. The van der Waals surface area contributed by atoms with E-state index in [2.05, 4.69) is 0 Å². The Morgan fingerprint density at radius 2 is 1.71 bits per heavy atom. The number of aromatic hydroxyl groups is 1. The van der Waals surface area contributed by atoms with Gasteiger partial charge >= 0.3 is 0 Å². The lowest BCUT2D eigenvalue weighted by Gasteiger charge is -2.37. The van der Waals surface area contributed by atoms with Crippen LogP contribution in [0.2, 0.25) is 0 Å². The highest BCUT2D eigenvalue weighted by Crippen LogP contribution is 2.44. The predicted molar refractivity (Wildman–Crippen MR) is 57.3 cm³/mol. The van der Waals surface area contributed by atoms with E-state index in [-0.39, 0.29) is 37.0 Å². The molecule has 0 bridgehead atoms. The van der Waals surface area contributed by atoms with Crippen LogP contribution >= 0.6 is 0 Å². The van der Waals surface area contributed by atoms with Crippen LogP contribution in [0.25, 0.3) is 0 Å². The van der Waals surface area contributed by atoms with Gasteiger partial charge in [-0.15, -0.1) is 0 Å². The molecule has 0 amide bonds. The van der Waals surface area contributed by atoms with Gasteiger partial charge in [0.15, 0.2) is 0 Å². The van der Waals surface area contributed by atoms with Gasteiger partial charge in [0.2, 0.25) is 5.92 Å². The first-order valence-corrected chi connectivity index (χ1v) is 5.48.